The summed E-state index contributed by atoms with van der Waals surface area (Å²) in [5.74, 6) is 0.510. The Kier molecular flexibility index (Phi) is 6.09. The van der Waals surface area contributed by atoms with Crippen LogP contribution in [0.25, 0.3) is 11.1 Å². The molecule has 3 amide bonds. The predicted molar refractivity (Wildman–Crippen MR) is 100 cm³/mol. The van der Waals surface area contributed by atoms with Crippen molar-refractivity contribution >= 4 is 28.7 Å². The van der Waals surface area contributed by atoms with Gasteiger partial charge in [0.2, 0.25) is 5.91 Å². The highest BCUT2D eigenvalue weighted by atomic mass is 16.3. The van der Waals surface area contributed by atoms with Gasteiger partial charge in [0.15, 0.2) is 11.5 Å². The molecule has 1 aliphatic rings. The fourth-order valence-corrected chi connectivity index (χ4v) is 3.28. The maximum atomic E-state index is 12.0. The average molecular weight is 358 g/mol. The van der Waals surface area contributed by atoms with Crippen LogP contribution >= 0.6 is 0 Å². The van der Waals surface area contributed by atoms with Crippen molar-refractivity contribution in [1.82, 2.24) is 15.6 Å². The van der Waals surface area contributed by atoms with Gasteiger partial charge in [-0.25, -0.2) is 9.78 Å². The molecule has 26 heavy (non-hydrogen) atoms. The van der Waals surface area contributed by atoms with Gasteiger partial charge in [0.1, 0.15) is 5.52 Å². The van der Waals surface area contributed by atoms with E-state index in [1.54, 1.807) is 19.1 Å². The second-order valence-corrected chi connectivity index (χ2v) is 6.80. The highest BCUT2D eigenvalue weighted by Crippen LogP contribution is 2.20. The summed E-state index contributed by atoms with van der Waals surface area (Å²) in [4.78, 5) is 28.1. The van der Waals surface area contributed by atoms with Crippen LogP contribution in [0, 0.1) is 6.92 Å². The van der Waals surface area contributed by atoms with Crippen LogP contribution in [-0.2, 0) is 4.79 Å². The molecule has 2 aromatic rings. The minimum atomic E-state index is -0.136. The lowest BCUT2D eigenvalue weighted by Crippen LogP contribution is -2.43. The SMILES string of the molecule is Cc1nc2ccc(NC(=O)CCCNC(=O)NC3CCCCC3)cc2o1. The Balaban J connectivity index is 1.34. The molecule has 1 heterocycles. The highest BCUT2D eigenvalue weighted by molar-refractivity contribution is 5.92. The molecule has 0 unspecified atom stereocenters. The minimum Gasteiger partial charge on any atom is -0.441 e. The number of nitrogens with zero attached hydrogens (tertiary/aromatic N) is 1. The molecule has 0 aliphatic heterocycles. The molecule has 140 valence electrons. The standard InChI is InChI=1S/C19H26N4O3/c1-13-21-16-10-9-15(12-17(16)26-13)22-18(24)8-5-11-20-19(25)23-14-6-3-2-4-7-14/h9-10,12,14H,2-8,11H2,1H3,(H,22,24)(H2,20,23,25). The Morgan fingerprint density at radius 1 is 1.23 bits per heavy atom. The molecule has 7 nitrogen and oxygen atoms in total. The summed E-state index contributed by atoms with van der Waals surface area (Å²) in [6.45, 7) is 2.27. The number of benzene rings is 1. The molecule has 1 aromatic heterocycles. The van der Waals surface area contributed by atoms with Crippen molar-refractivity contribution in [2.24, 2.45) is 0 Å². The van der Waals surface area contributed by atoms with Crippen molar-refractivity contribution in [3.63, 3.8) is 0 Å². The molecule has 0 radical (unpaired) electrons. The molecule has 0 bridgehead atoms. The number of oxazole rings is 1. The molecule has 1 fully saturated rings. The number of aromatic nitrogens is 1. The predicted octanol–water partition coefficient (Wildman–Crippen LogP) is 3.49. The van der Waals surface area contributed by atoms with Crippen LogP contribution in [0.3, 0.4) is 0 Å². The average Bonchev–Trinajstić information content (AvgIpc) is 2.99. The van der Waals surface area contributed by atoms with Crippen LogP contribution in [0.15, 0.2) is 22.6 Å². The number of aryl methyl sites for hydroxylation is 1. The fraction of sp³-hybridized carbons (Fsp3) is 0.526. The van der Waals surface area contributed by atoms with Gasteiger partial charge in [0.25, 0.3) is 0 Å². The Hall–Kier alpha value is -2.57. The van der Waals surface area contributed by atoms with Crippen molar-refractivity contribution in [3.8, 4) is 0 Å². The fourth-order valence-electron chi connectivity index (χ4n) is 3.28. The van der Waals surface area contributed by atoms with Crippen LogP contribution in [0.1, 0.15) is 50.8 Å². The van der Waals surface area contributed by atoms with Crippen LogP contribution in [0.2, 0.25) is 0 Å². The van der Waals surface area contributed by atoms with Gasteiger partial charge in [-0.1, -0.05) is 19.3 Å². The largest absolute Gasteiger partial charge is 0.441 e. The lowest BCUT2D eigenvalue weighted by Gasteiger charge is -2.22. The Morgan fingerprint density at radius 3 is 2.85 bits per heavy atom. The molecular weight excluding hydrogens is 332 g/mol. The maximum absolute atomic E-state index is 12.0. The smallest absolute Gasteiger partial charge is 0.315 e. The van der Waals surface area contributed by atoms with E-state index in [0.29, 0.717) is 42.6 Å². The topological polar surface area (TPSA) is 96.3 Å². The van der Waals surface area contributed by atoms with Gasteiger partial charge in [-0.2, -0.15) is 0 Å². The molecule has 1 aromatic carbocycles. The van der Waals surface area contributed by atoms with Crippen molar-refractivity contribution in [3.05, 3.63) is 24.1 Å². The summed E-state index contributed by atoms with van der Waals surface area (Å²) < 4.78 is 5.46. The van der Waals surface area contributed by atoms with E-state index >= 15 is 0 Å². The first-order valence-corrected chi connectivity index (χ1v) is 9.31. The maximum Gasteiger partial charge on any atom is 0.315 e. The van der Waals surface area contributed by atoms with Crippen LogP contribution < -0.4 is 16.0 Å². The van der Waals surface area contributed by atoms with Crippen molar-refractivity contribution in [1.29, 1.82) is 0 Å². The summed E-state index contributed by atoms with van der Waals surface area (Å²) in [5.41, 5.74) is 2.11. The summed E-state index contributed by atoms with van der Waals surface area (Å²) in [7, 11) is 0. The Bertz CT molecular complexity index is 765. The van der Waals surface area contributed by atoms with Crippen LogP contribution in [0.4, 0.5) is 10.5 Å². The number of fused-ring (bicyclic) bond motifs is 1. The second kappa shape index (κ2) is 8.69. The molecule has 0 atom stereocenters. The summed E-state index contributed by atoms with van der Waals surface area (Å²) in [6, 6.07) is 5.55. The molecular formula is C19H26N4O3. The third-order valence-electron chi connectivity index (χ3n) is 4.59. The van der Waals surface area contributed by atoms with E-state index in [4.69, 9.17) is 4.42 Å². The zero-order valence-corrected chi connectivity index (χ0v) is 15.1. The number of rotatable bonds is 6. The van der Waals surface area contributed by atoms with E-state index in [1.165, 1.54) is 19.3 Å². The van der Waals surface area contributed by atoms with Crippen LogP contribution in [0.5, 0.6) is 0 Å². The van der Waals surface area contributed by atoms with Gasteiger partial charge in [-0.05, 0) is 31.4 Å². The first kappa shape index (κ1) is 18.2. The molecule has 7 heteroatoms. The highest BCUT2D eigenvalue weighted by Gasteiger charge is 2.15. The molecule has 1 aliphatic carbocycles. The quantitative estimate of drug-likeness (QED) is 0.689. The number of nitrogens with one attached hydrogen (secondary N) is 3. The second-order valence-electron chi connectivity index (χ2n) is 6.80. The molecule has 0 saturated heterocycles. The zero-order valence-electron chi connectivity index (χ0n) is 15.1. The number of urea groups is 1. The van der Waals surface area contributed by atoms with Crippen molar-refractivity contribution in [2.45, 2.75) is 57.9 Å². The third kappa shape index (κ3) is 5.21. The van der Waals surface area contributed by atoms with E-state index < -0.39 is 0 Å². The number of anilines is 1. The molecule has 3 N–H and O–H groups in total. The Morgan fingerprint density at radius 2 is 2.04 bits per heavy atom. The number of hydrogen-bond donors (Lipinski definition) is 3. The monoisotopic (exact) mass is 358 g/mol. The van der Waals surface area contributed by atoms with Gasteiger partial charge < -0.3 is 20.4 Å². The molecule has 0 spiro atoms. The molecule has 1 saturated carbocycles. The van der Waals surface area contributed by atoms with Gasteiger partial charge in [0, 0.05) is 37.7 Å². The summed E-state index contributed by atoms with van der Waals surface area (Å²) >= 11 is 0. The van der Waals surface area contributed by atoms with E-state index in [2.05, 4.69) is 20.9 Å². The van der Waals surface area contributed by atoms with E-state index in [1.807, 2.05) is 6.07 Å². The van der Waals surface area contributed by atoms with Crippen LogP contribution in [-0.4, -0.2) is 29.5 Å². The van der Waals surface area contributed by atoms with Gasteiger partial charge in [0.05, 0.1) is 0 Å². The number of hydrogen-bond acceptors (Lipinski definition) is 4. The van der Waals surface area contributed by atoms with E-state index in [-0.39, 0.29) is 11.9 Å². The molecule has 3 rings (SSSR count). The van der Waals surface area contributed by atoms with E-state index in [0.717, 1.165) is 18.4 Å². The first-order chi connectivity index (χ1) is 12.6. The Labute approximate surface area is 152 Å². The van der Waals surface area contributed by atoms with Gasteiger partial charge >= 0.3 is 6.03 Å². The summed E-state index contributed by atoms with van der Waals surface area (Å²) in [6.07, 6.45) is 6.69. The normalized spacial score (nSPS) is 15.0. The first-order valence-electron chi connectivity index (χ1n) is 9.31. The summed E-state index contributed by atoms with van der Waals surface area (Å²) in [5, 5.41) is 8.66. The lowest BCUT2D eigenvalue weighted by molar-refractivity contribution is -0.116. The van der Waals surface area contributed by atoms with Gasteiger partial charge in [-0.15, -0.1) is 0 Å². The minimum absolute atomic E-state index is 0.0879. The zero-order chi connectivity index (χ0) is 18.4. The van der Waals surface area contributed by atoms with E-state index in [9.17, 15) is 9.59 Å². The van der Waals surface area contributed by atoms with Gasteiger partial charge in [-0.3, -0.25) is 4.79 Å². The van der Waals surface area contributed by atoms with Crippen molar-refractivity contribution in [2.75, 3.05) is 11.9 Å². The number of carbonyl (C=O) groups excluding carboxylic acids is 2. The lowest BCUT2D eigenvalue weighted by atomic mass is 9.96. The van der Waals surface area contributed by atoms with Crippen molar-refractivity contribution < 1.29 is 14.0 Å². The third-order valence-corrected chi connectivity index (χ3v) is 4.59. The number of carbonyl (C=O) groups is 2. The number of amides is 3.